The van der Waals surface area contributed by atoms with Crippen molar-refractivity contribution >= 4 is 29.3 Å². The summed E-state index contributed by atoms with van der Waals surface area (Å²) in [6.45, 7) is 0.568. The summed E-state index contributed by atoms with van der Waals surface area (Å²) in [5, 5.41) is 4.20. The highest BCUT2D eigenvalue weighted by molar-refractivity contribution is 7.98. The number of hydrogen-bond donors (Lipinski definition) is 0. The SMILES string of the molecule is CSc1ccccc1N1C(=O)[C@@H]2C[C@H]1CN2C(=O)c1ccc(-n2cccn2)cc1. The van der Waals surface area contributed by atoms with Crippen LogP contribution in [0.4, 0.5) is 5.69 Å². The summed E-state index contributed by atoms with van der Waals surface area (Å²) in [6.07, 6.45) is 6.28. The van der Waals surface area contributed by atoms with E-state index >= 15 is 0 Å². The van der Waals surface area contributed by atoms with Crippen molar-refractivity contribution in [3.63, 3.8) is 0 Å². The molecule has 0 N–H and O–H groups in total. The predicted molar refractivity (Wildman–Crippen MR) is 113 cm³/mol. The number of carbonyl (C=O) groups excluding carboxylic acids is 2. The molecule has 3 heterocycles. The molecule has 2 amide bonds. The predicted octanol–water partition coefficient (Wildman–Crippen LogP) is 3.22. The molecule has 2 fully saturated rings. The van der Waals surface area contributed by atoms with Crippen molar-refractivity contribution in [1.82, 2.24) is 14.7 Å². The van der Waals surface area contributed by atoms with E-state index < -0.39 is 0 Å². The Balaban J connectivity index is 1.36. The van der Waals surface area contributed by atoms with Crippen molar-refractivity contribution in [3.8, 4) is 5.69 Å². The lowest BCUT2D eigenvalue weighted by molar-refractivity contribution is -0.121. The summed E-state index contributed by atoms with van der Waals surface area (Å²) >= 11 is 1.63. The minimum absolute atomic E-state index is 0.0178. The third kappa shape index (κ3) is 2.93. The molecule has 0 aliphatic carbocycles. The molecule has 5 rings (SSSR count). The molecule has 3 aromatic rings. The van der Waals surface area contributed by atoms with Crippen LogP contribution in [0.3, 0.4) is 0 Å². The highest BCUT2D eigenvalue weighted by Crippen LogP contribution is 2.39. The minimum atomic E-state index is -0.381. The minimum Gasteiger partial charge on any atom is -0.324 e. The molecule has 0 unspecified atom stereocenters. The van der Waals surface area contributed by atoms with Gasteiger partial charge in [0.05, 0.1) is 17.4 Å². The lowest BCUT2D eigenvalue weighted by Gasteiger charge is -2.34. The smallest absolute Gasteiger partial charge is 0.254 e. The van der Waals surface area contributed by atoms with Gasteiger partial charge in [-0.05, 0) is 55.1 Å². The number of benzene rings is 2. The zero-order valence-electron chi connectivity index (χ0n) is 15.9. The molecule has 2 aliphatic heterocycles. The Hall–Kier alpha value is -3.06. The Bertz CT molecular complexity index is 1060. The third-order valence-corrected chi connectivity index (χ3v) is 6.44. The Kier molecular flexibility index (Phi) is 4.39. The Morgan fingerprint density at radius 3 is 2.59 bits per heavy atom. The molecule has 0 saturated carbocycles. The fourth-order valence-corrected chi connectivity index (χ4v) is 4.88. The quantitative estimate of drug-likeness (QED) is 0.627. The van der Waals surface area contributed by atoms with Gasteiger partial charge >= 0.3 is 0 Å². The first-order chi connectivity index (χ1) is 14.2. The number of para-hydroxylation sites is 1. The molecule has 7 heteroatoms. The average Bonchev–Trinajstić information content (AvgIpc) is 3.50. The van der Waals surface area contributed by atoms with Crippen LogP contribution < -0.4 is 4.90 Å². The zero-order chi connectivity index (χ0) is 20.0. The van der Waals surface area contributed by atoms with Gasteiger partial charge in [-0.1, -0.05) is 12.1 Å². The second-order valence-corrected chi connectivity index (χ2v) is 8.09. The van der Waals surface area contributed by atoms with Crippen LogP contribution in [0.25, 0.3) is 5.69 Å². The highest BCUT2D eigenvalue weighted by atomic mass is 32.2. The number of nitrogens with zero attached hydrogens (tertiary/aromatic N) is 4. The molecule has 29 heavy (non-hydrogen) atoms. The van der Waals surface area contributed by atoms with Gasteiger partial charge in [0, 0.05) is 29.4 Å². The third-order valence-electron chi connectivity index (χ3n) is 5.66. The lowest BCUT2D eigenvalue weighted by atomic mass is 10.1. The van der Waals surface area contributed by atoms with Gasteiger partial charge in [0.2, 0.25) is 5.91 Å². The van der Waals surface area contributed by atoms with Crippen LogP contribution in [-0.4, -0.2) is 51.4 Å². The van der Waals surface area contributed by atoms with Gasteiger partial charge in [-0.25, -0.2) is 4.68 Å². The van der Waals surface area contributed by atoms with Gasteiger partial charge in [-0.2, -0.15) is 5.10 Å². The van der Waals surface area contributed by atoms with E-state index in [1.54, 1.807) is 39.7 Å². The topological polar surface area (TPSA) is 58.4 Å². The Labute approximate surface area is 173 Å². The maximum absolute atomic E-state index is 13.1. The van der Waals surface area contributed by atoms with E-state index in [9.17, 15) is 9.59 Å². The number of aromatic nitrogens is 2. The molecule has 2 aliphatic rings. The molecule has 1 aromatic heterocycles. The van der Waals surface area contributed by atoms with E-state index in [1.807, 2.05) is 59.8 Å². The van der Waals surface area contributed by atoms with E-state index in [4.69, 9.17) is 0 Å². The van der Waals surface area contributed by atoms with Crippen LogP contribution in [0.2, 0.25) is 0 Å². The number of rotatable bonds is 4. The van der Waals surface area contributed by atoms with Crippen LogP contribution in [0.15, 0.2) is 71.9 Å². The van der Waals surface area contributed by atoms with Gasteiger partial charge in [0.1, 0.15) is 6.04 Å². The first kappa shape index (κ1) is 18.0. The van der Waals surface area contributed by atoms with Crippen molar-refractivity contribution < 1.29 is 9.59 Å². The number of amides is 2. The molecule has 6 nitrogen and oxygen atoms in total. The van der Waals surface area contributed by atoms with Crippen molar-refractivity contribution in [1.29, 1.82) is 0 Å². The maximum atomic E-state index is 13.1. The molecule has 2 aromatic carbocycles. The van der Waals surface area contributed by atoms with Crippen LogP contribution in [0, 0.1) is 0 Å². The summed E-state index contributed by atoms with van der Waals surface area (Å²) in [5.41, 5.74) is 2.44. The zero-order valence-corrected chi connectivity index (χ0v) is 16.7. The normalized spacial score (nSPS) is 20.5. The standard InChI is InChI=1S/C22H20N4O2S/c1-29-20-6-3-2-5-18(20)26-17-13-19(22(26)28)24(14-17)21(27)15-7-9-16(10-8-15)25-12-4-11-23-25/h2-12,17,19H,13-14H2,1H3/t17-,19-/m0/s1. The number of anilines is 1. The number of hydrogen-bond acceptors (Lipinski definition) is 4. The van der Waals surface area contributed by atoms with E-state index in [1.165, 1.54) is 0 Å². The Morgan fingerprint density at radius 2 is 1.90 bits per heavy atom. The second-order valence-electron chi connectivity index (χ2n) is 7.24. The lowest BCUT2D eigenvalue weighted by Crippen LogP contribution is -2.52. The molecular formula is C22H20N4O2S. The van der Waals surface area contributed by atoms with Gasteiger partial charge in [0.15, 0.2) is 0 Å². The van der Waals surface area contributed by atoms with Crippen molar-refractivity contribution in [2.75, 3.05) is 17.7 Å². The molecule has 2 saturated heterocycles. The van der Waals surface area contributed by atoms with Crippen molar-refractivity contribution in [2.45, 2.75) is 23.4 Å². The maximum Gasteiger partial charge on any atom is 0.254 e. The highest BCUT2D eigenvalue weighted by Gasteiger charge is 2.52. The van der Waals surface area contributed by atoms with E-state index in [0.29, 0.717) is 18.5 Å². The number of piperazine rings is 1. The fraction of sp³-hybridized carbons (Fsp3) is 0.227. The second kappa shape index (κ2) is 7.08. The Morgan fingerprint density at radius 1 is 1.10 bits per heavy atom. The van der Waals surface area contributed by atoms with Crippen molar-refractivity contribution in [2.24, 2.45) is 0 Å². The summed E-state index contributed by atoms with van der Waals surface area (Å²) in [6, 6.07) is 16.8. The van der Waals surface area contributed by atoms with Crippen LogP contribution in [0.5, 0.6) is 0 Å². The average molecular weight is 404 g/mol. The number of fused-ring (bicyclic) bond motifs is 2. The molecule has 0 radical (unpaired) electrons. The summed E-state index contributed by atoms with van der Waals surface area (Å²) in [7, 11) is 0. The number of thioether (sulfide) groups is 1. The number of likely N-dealkylation sites (tertiary alicyclic amines) is 1. The fourth-order valence-electron chi connectivity index (χ4n) is 4.29. The molecule has 146 valence electrons. The molecule has 2 atom stereocenters. The van der Waals surface area contributed by atoms with Gasteiger partial charge in [-0.15, -0.1) is 11.8 Å². The van der Waals surface area contributed by atoms with E-state index in [-0.39, 0.29) is 23.9 Å². The van der Waals surface area contributed by atoms with Crippen LogP contribution >= 0.6 is 11.8 Å². The first-order valence-electron chi connectivity index (χ1n) is 9.54. The van der Waals surface area contributed by atoms with E-state index in [2.05, 4.69) is 5.10 Å². The largest absolute Gasteiger partial charge is 0.324 e. The van der Waals surface area contributed by atoms with Crippen LogP contribution in [0.1, 0.15) is 16.8 Å². The first-order valence-corrected chi connectivity index (χ1v) is 10.8. The van der Waals surface area contributed by atoms with Gasteiger partial charge in [-0.3, -0.25) is 9.59 Å². The molecular weight excluding hydrogens is 384 g/mol. The summed E-state index contributed by atoms with van der Waals surface area (Å²) in [4.78, 5) is 30.9. The summed E-state index contributed by atoms with van der Waals surface area (Å²) in [5.74, 6) is -0.0695. The van der Waals surface area contributed by atoms with Crippen molar-refractivity contribution in [3.05, 3.63) is 72.6 Å². The van der Waals surface area contributed by atoms with Gasteiger partial charge < -0.3 is 9.80 Å². The van der Waals surface area contributed by atoms with Crippen LogP contribution in [-0.2, 0) is 4.79 Å². The van der Waals surface area contributed by atoms with E-state index in [0.717, 1.165) is 16.3 Å². The molecule has 0 spiro atoms. The monoisotopic (exact) mass is 404 g/mol. The molecule has 2 bridgehead atoms. The van der Waals surface area contributed by atoms with Gasteiger partial charge in [0.25, 0.3) is 5.91 Å². The number of carbonyl (C=O) groups is 2. The summed E-state index contributed by atoms with van der Waals surface area (Å²) < 4.78 is 1.75.